The Balaban J connectivity index is 2.53. The Hall–Kier alpha value is -3.50. The Bertz CT molecular complexity index is 1160. The topological polar surface area (TPSA) is 87.7 Å². The van der Waals surface area contributed by atoms with E-state index in [1.165, 1.54) is 4.90 Å². The van der Waals surface area contributed by atoms with E-state index >= 15 is 0 Å². The summed E-state index contributed by atoms with van der Waals surface area (Å²) < 4.78 is 5.27. The van der Waals surface area contributed by atoms with Gasteiger partial charge in [-0.15, -0.1) is 6.42 Å². The summed E-state index contributed by atoms with van der Waals surface area (Å²) in [6.45, 7) is 12.4. The molecule has 0 spiro atoms. The number of halogens is 1. The van der Waals surface area contributed by atoms with Crippen molar-refractivity contribution in [1.29, 1.82) is 0 Å². The van der Waals surface area contributed by atoms with Crippen molar-refractivity contribution in [3.8, 4) is 12.3 Å². The van der Waals surface area contributed by atoms with Crippen LogP contribution in [0.4, 0.5) is 10.5 Å². The third-order valence-corrected chi connectivity index (χ3v) is 6.25. The maximum atomic E-state index is 13.9. The summed E-state index contributed by atoms with van der Waals surface area (Å²) in [5, 5.41) is 5.81. The summed E-state index contributed by atoms with van der Waals surface area (Å²) in [4.78, 5) is 41.3. The number of rotatable bonds is 8. The molecule has 0 aliphatic rings. The second kappa shape index (κ2) is 12.2. The zero-order valence-electron chi connectivity index (χ0n) is 22.6. The Labute approximate surface area is 224 Å². The maximum absolute atomic E-state index is 13.9. The van der Waals surface area contributed by atoms with Crippen LogP contribution in [0.1, 0.15) is 70.7 Å². The Kier molecular flexibility index (Phi) is 9.77. The molecule has 2 rings (SSSR count). The number of nitrogens with one attached hydrogen (secondary N) is 2. The van der Waals surface area contributed by atoms with Gasteiger partial charge in [0.05, 0.1) is 10.7 Å². The molecule has 0 heterocycles. The second-order valence-electron chi connectivity index (χ2n) is 10.4. The van der Waals surface area contributed by atoms with Crippen LogP contribution in [0.5, 0.6) is 0 Å². The largest absolute Gasteiger partial charge is 0.444 e. The lowest BCUT2D eigenvalue weighted by Crippen LogP contribution is -2.55. The van der Waals surface area contributed by atoms with E-state index in [-0.39, 0.29) is 6.54 Å². The van der Waals surface area contributed by atoms with Crippen LogP contribution in [0.3, 0.4) is 0 Å². The molecule has 198 valence electrons. The lowest BCUT2D eigenvalue weighted by atomic mass is 9.92. The van der Waals surface area contributed by atoms with E-state index < -0.39 is 35.1 Å². The van der Waals surface area contributed by atoms with Crippen molar-refractivity contribution in [1.82, 2.24) is 10.2 Å². The lowest BCUT2D eigenvalue weighted by molar-refractivity contribution is -0.145. The molecule has 0 aliphatic carbocycles. The number of para-hydroxylation sites is 1. The number of hydrogen-bond donors (Lipinski definition) is 2. The van der Waals surface area contributed by atoms with Crippen LogP contribution in [-0.2, 0) is 14.3 Å². The first-order valence-electron chi connectivity index (χ1n) is 12.1. The summed E-state index contributed by atoms with van der Waals surface area (Å²) in [5.41, 5.74) is 0.977. The van der Waals surface area contributed by atoms with Crippen molar-refractivity contribution < 1.29 is 19.1 Å². The summed E-state index contributed by atoms with van der Waals surface area (Å²) in [6.07, 6.45) is 5.34. The highest BCUT2D eigenvalue weighted by atomic mass is 35.5. The average Bonchev–Trinajstić information content (AvgIpc) is 2.82. The molecule has 3 amide bonds. The van der Waals surface area contributed by atoms with Gasteiger partial charge in [-0.3, -0.25) is 9.59 Å². The predicted molar refractivity (Wildman–Crippen MR) is 147 cm³/mol. The van der Waals surface area contributed by atoms with E-state index in [0.29, 0.717) is 28.3 Å². The van der Waals surface area contributed by atoms with Crippen molar-refractivity contribution in [2.45, 2.75) is 72.1 Å². The number of carbonyl (C=O) groups excluding carboxylic acids is 3. The van der Waals surface area contributed by atoms with E-state index in [9.17, 15) is 14.4 Å². The summed E-state index contributed by atoms with van der Waals surface area (Å²) in [7, 11) is 0. The van der Waals surface area contributed by atoms with E-state index in [2.05, 4.69) is 16.6 Å². The van der Waals surface area contributed by atoms with Gasteiger partial charge in [0.25, 0.3) is 5.91 Å². The first-order valence-corrected chi connectivity index (χ1v) is 12.5. The lowest BCUT2D eigenvalue weighted by Gasteiger charge is -2.43. The van der Waals surface area contributed by atoms with E-state index in [0.717, 1.165) is 5.56 Å². The van der Waals surface area contributed by atoms with Crippen molar-refractivity contribution >= 4 is 35.2 Å². The molecule has 0 saturated heterocycles. The van der Waals surface area contributed by atoms with Gasteiger partial charge in [0.2, 0.25) is 5.91 Å². The summed E-state index contributed by atoms with van der Waals surface area (Å²) in [5.74, 6) is 1.67. The third-order valence-electron chi connectivity index (χ3n) is 5.94. The second-order valence-corrected chi connectivity index (χ2v) is 10.8. The molecular formula is C29H36ClN3O4. The van der Waals surface area contributed by atoms with E-state index in [4.69, 9.17) is 22.8 Å². The first kappa shape index (κ1) is 29.7. The highest BCUT2D eigenvalue weighted by Gasteiger charge is 2.40. The molecule has 0 saturated carbocycles. The number of terminal acetylenes is 1. The van der Waals surface area contributed by atoms with Gasteiger partial charge in [-0.2, -0.15) is 0 Å². The Morgan fingerprint density at radius 2 is 1.70 bits per heavy atom. The zero-order valence-corrected chi connectivity index (χ0v) is 23.3. The smallest absolute Gasteiger partial charge is 0.408 e. The van der Waals surface area contributed by atoms with Crippen LogP contribution >= 0.6 is 11.6 Å². The van der Waals surface area contributed by atoms with Crippen molar-refractivity contribution in [2.24, 2.45) is 0 Å². The van der Waals surface area contributed by atoms with Gasteiger partial charge in [0.1, 0.15) is 18.2 Å². The number of nitrogens with zero attached hydrogens (tertiary/aromatic N) is 1. The third kappa shape index (κ3) is 7.99. The predicted octanol–water partition coefficient (Wildman–Crippen LogP) is 5.85. The first-order chi connectivity index (χ1) is 17.2. The number of alkyl carbamates (subject to hydrolysis) is 1. The number of benzene rings is 2. The van der Waals surface area contributed by atoms with E-state index in [1.54, 1.807) is 57.2 Å². The molecule has 0 bridgehead atoms. The highest BCUT2D eigenvalue weighted by molar-refractivity contribution is 6.34. The van der Waals surface area contributed by atoms with Gasteiger partial charge in [0, 0.05) is 11.1 Å². The molecule has 2 N–H and O–H groups in total. The molecule has 7 nitrogen and oxygen atoms in total. The number of hydrogen-bond acceptors (Lipinski definition) is 4. The number of anilines is 1. The fourth-order valence-corrected chi connectivity index (χ4v) is 3.98. The van der Waals surface area contributed by atoms with Gasteiger partial charge < -0.3 is 20.3 Å². The fraction of sp³-hybridized carbons (Fsp3) is 0.414. The highest BCUT2D eigenvalue weighted by Crippen LogP contribution is 2.34. The van der Waals surface area contributed by atoms with Crippen molar-refractivity contribution in [2.75, 3.05) is 11.9 Å². The normalized spacial score (nSPS) is 12.2. The van der Waals surface area contributed by atoms with Crippen LogP contribution < -0.4 is 10.6 Å². The molecule has 8 heteroatoms. The molecule has 0 aromatic heterocycles. The quantitative estimate of drug-likeness (QED) is 0.423. The molecule has 37 heavy (non-hydrogen) atoms. The monoisotopic (exact) mass is 525 g/mol. The minimum atomic E-state index is -1.04. The molecule has 2 aromatic carbocycles. The van der Waals surface area contributed by atoms with Gasteiger partial charge in [-0.05, 0) is 77.3 Å². The molecule has 0 radical (unpaired) electrons. The van der Waals surface area contributed by atoms with E-state index in [1.807, 2.05) is 33.8 Å². The van der Waals surface area contributed by atoms with Gasteiger partial charge in [0.15, 0.2) is 0 Å². The SMILES string of the molecule is C#Cc1ccc(C(C(=O)Nc2c(C)cccc2Cl)N(C(=O)CNC(=O)OC(C)(C)C)C(C)(C)CC)cc1. The van der Waals surface area contributed by atoms with Crippen molar-refractivity contribution in [3.63, 3.8) is 0 Å². The minimum absolute atomic E-state index is 0.352. The number of amides is 3. The summed E-state index contributed by atoms with van der Waals surface area (Å²) >= 11 is 6.38. The van der Waals surface area contributed by atoms with Crippen LogP contribution in [0.25, 0.3) is 0 Å². The molecule has 1 atom stereocenters. The number of aryl methyl sites for hydroxylation is 1. The fourth-order valence-electron chi connectivity index (χ4n) is 3.71. The number of ether oxygens (including phenoxy) is 1. The van der Waals surface area contributed by atoms with Crippen molar-refractivity contribution in [3.05, 3.63) is 64.2 Å². The molecule has 1 unspecified atom stereocenters. The Morgan fingerprint density at radius 1 is 1.08 bits per heavy atom. The van der Waals surface area contributed by atoms with Gasteiger partial charge in [-0.25, -0.2) is 4.79 Å². The average molecular weight is 526 g/mol. The van der Waals surface area contributed by atoms with Crippen LogP contribution in [0, 0.1) is 19.3 Å². The molecular weight excluding hydrogens is 490 g/mol. The molecule has 2 aromatic rings. The van der Waals surface area contributed by atoms with Crippen LogP contribution in [0.15, 0.2) is 42.5 Å². The van der Waals surface area contributed by atoms with Gasteiger partial charge in [-0.1, -0.05) is 48.7 Å². The van der Waals surface area contributed by atoms with Crippen LogP contribution in [0.2, 0.25) is 5.02 Å². The minimum Gasteiger partial charge on any atom is -0.444 e. The van der Waals surface area contributed by atoms with Gasteiger partial charge >= 0.3 is 6.09 Å². The van der Waals surface area contributed by atoms with Crippen LogP contribution in [-0.4, -0.2) is 40.5 Å². The zero-order chi connectivity index (χ0) is 28.0. The maximum Gasteiger partial charge on any atom is 0.408 e. The number of carbonyl (C=O) groups is 3. The summed E-state index contributed by atoms with van der Waals surface area (Å²) in [6, 6.07) is 11.2. The standard InChI is InChI=1S/C29H36ClN3O4/c1-9-20-14-16-21(17-15-20)25(26(35)32-24-19(3)12-11-13-22(24)30)33(29(7,8)10-2)23(34)18-31-27(36)37-28(4,5)6/h1,11-17,25H,10,18H2,2-8H3,(H,31,36)(H,32,35). The molecule has 0 fully saturated rings. The Morgan fingerprint density at radius 3 is 2.22 bits per heavy atom. The molecule has 0 aliphatic heterocycles.